The second-order valence-electron chi connectivity index (χ2n) is 4.65. The number of carboxylic acids is 1. The summed E-state index contributed by atoms with van der Waals surface area (Å²) in [4.78, 5) is 26.8. The van der Waals surface area contributed by atoms with Gasteiger partial charge in [0, 0.05) is 12.4 Å². The summed E-state index contributed by atoms with van der Waals surface area (Å²) in [5.74, 6) is -1.96. The summed E-state index contributed by atoms with van der Waals surface area (Å²) in [5, 5.41) is 11.8. The van der Waals surface area contributed by atoms with Gasteiger partial charge in [-0.3, -0.25) is 14.6 Å². The fourth-order valence-electron chi connectivity index (χ4n) is 2.15. The van der Waals surface area contributed by atoms with E-state index in [9.17, 15) is 9.59 Å². The molecule has 1 aromatic heterocycles. The largest absolute Gasteiger partial charge is 0.481 e. The van der Waals surface area contributed by atoms with E-state index in [0.29, 0.717) is 12.8 Å². The zero-order valence-electron chi connectivity index (χ0n) is 10.2. The molecule has 1 amide bonds. The number of hydrogen-bond acceptors (Lipinski definition) is 3. The highest BCUT2D eigenvalue weighted by Crippen LogP contribution is 2.35. The summed E-state index contributed by atoms with van der Waals surface area (Å²) in [5.41, 5.74) is 0.914. The van der Waals surface area contributed by atoms with Crippen LogP contribution in [0, 0.1) is 11.8 Å². The number of carbonyl (C=O) groups excluding carboxylic acids is 1. The monoisotopic (exact) mass is 248 g/mol. The topological polar surface area (TPSA) is 79.3 Å². The molecule has 2 rings (SSSR count). The van der Waals surface area contributed by atoms with Crippen molar-refractivity contribution in [2.45, 2.75) is 25.8 Å². The molecule has 0 aliphatic heterocycles. The number of hydrogen-bond donors (Lipinski definition) is 2. The number of aromatic nitrogens is 1. The molecule has 1 fully saturated rings. The van der Waals surface area contributed by atoms with Gasteiger partial charge in [0.25, 0.3) is 0 Å². The van der Waals surface area contributed by atoms with E-state index in [1.165, 1.54) is 0 Å². The Morgan fingerprint density at radius 2 is 2.17 bits per heavy atom. The quantitative estimate of drug-likeness (QED) is 0.843. The van der Waals surface area contributed by atoms with Crippen LogP contribution in [0.15, 0.2) is 24.5 Å². The summed E-state index contributed by atoms with van der Waals surface area (Å²) in [6, 6.07) is 3.54. The van der Waals surface area contributed by atoms with Crippen molar-refractivity contribution in [1.29, 1.82) is 0 Å². The lowest BCUT2D eigenvalue weighted by molar-refractivity contribution is -0.152. The van der Waals surface area contributed by atoms with Crippen molar-refractivity contribution >= 4 is 11.9 Å². The third kappa shape index (κ3) is 2.50. The van der Waals surface area contributed by atoms with Crippen LogP contribution in [0.4, 0.5) is 0 Å². The van der Waals surface area contributed by atoms with E-state index in [1.54, 1.807) is 18.5 Å². The van der Waals surface area contributed by atoms with Crippen LogP contribution >= 0.6 is 0 Å². The summed E-state index contributed by atoms with van der Waals surface area (Å²) in [6.07, 6.45) is 4.61. The molecule has 0 saturated heterocycles. The van der Waals surface area contributed by atoms with E-state index in [2.05, 4.69) is 10.3 Å². The molecule has 3 atom stereocenters. The molecular formula is C13H16N2O3. The molecule has 96 valence electrons. The second-order valence-corrected chi connectivity index (χ2v) is 4.65. The molecule has 0 radical (unpaired) electrons. The molecule has 1 aliphatic carbocycles. The first-order valence-electron chi connectivity index (χ1n) is 6.02. The van der Waals surface area contributed by atoms with Crippen LogP contribution in [0.5, 0.6) is 0 Å². The third-order valence-corrected chi connectivity index (χ3v) is 3.47. The Balaban J connectivity index is 1.94. The predicted octanol–water partition coefficient (Wildman–Crippen LogP) is 1.37. The first-order chi connectivity index (χ1) is 8.59. The van der Waals surface area contributed by atoms with Gasteiger partial charge >= 0.3 is 5.97 Å². The summed E-state index contributed by atoms with van der Waals surface area (Å²) in [6.45, 7) is 1.86. The molecule has 1 heterocycles. The highest BCUT2D eigenvalue weighted by Gasteiger charge is 2.41. The standard InChI is InChI=1S/C13H16N2O3/c1-8(9-3-2-6-14-7-9)15-12(16)10-4-5-11(10)13(17)18/h2-3,6-8,10-11H,4-5H2,1H3,(H,15,16)(H,17,18). The molecule has 5 nitrogen and oxygen atoms in total. The lowest BCUT2D eigenvalue weighted by Gasteiger charge is -2.32. The molecule has 1 aromatic rings. The molecule has 1 aliphatic rings. The molecule has 2 N–H and O–H groups in total. The Labute approximate surface area is 105 Å². The number of pyridine rings is 1. The first kappa shape index (κ1) is 12.5. The maximum absolute atomic E-state index is 11.9. The van der Waals surface area contributed by atoms with Crippen LogP contribution < -0.4 is 5.32 Å². The summed E-state index contributed by atoms with van der Waals surface area (Å²) >= 11 is 0. The molecule has 0 spiro atoms. The van der Waals surface area contributed by atoms with Gasteiger partial charge in [-0.1, -0.05) is 6.07 Å². The van der Waals surface area contributed by atoms with Gasteiger partial charge in [0.15, 0.2) is 0 Å². The van der Waals surface area contributed by atoms with Gasteiger partial charge in [0.1, 0.15) is 0 Å². The smallest absolute Gasteiger partial charge is 0.307 e. The molecule has 18 heavy (non-hydrogen) atoms. The van der Waals surface area contributed by atoms with Gasteiger partial charge in [-0.25, -0.2) is 0 Å². The zero-order chi connectivity index (χ0) is 13.1. The van der Waals surface area contributed by atoms with Crippen molar-refractivity contribution < 1.29 is 14.7 Å². The van der Waals surface area contributed by atoms with Gasteiger partial charge in [-0.05, 0) is 31.4 Å². The Kier molecular flexibility index (Phi) is 3.60. The SMILES string of the molecule is CC(NC(=O)C1CCC1C(=O)O)c1cccnc1. The van der Waals surface area contributed by atoms with Crippen LogP contribution in [0.1, 0.15) is 31.4 Å². The highest BCUT2D eigenvalue weighted by molar-refractivity contribution is 5.86. The van der Waals surface area contributed by atoms with Crippen LogP contribution in [0.25, 0.3) is 0 Å². The average molecular weight is 248 g/mol. The van der Waals surface area contributed by atoms with Crippen molar-refractivity contribution in [2.75, 3.05) is 0 Å². The number of nitrogens with one attached hydrogen (secondary N) is 1. The predicted molar refractivity (Wildman–Crippen MR) is 64.6 cm³/mol. The minimum atomic E-state index is -0.879. The highest BCUT2D eigenvalue weighted by atomic mass is 16.4. The van der Waals surface area contributed by atoms with Gasteiger partial charge in [0.2, 0.25) is 5.91 Å². The maximum atomic E-state index is 11.9. The van der Waals surface area contributed by atoms with E-state index in [0.717, 1.165) is 5.56 Å². The van der Waals surface area contributed by atoms with Gasteiger partial charge in [-0.15, -0.1) is 0 Å². The van der Waals surface area contributed by atoms with Gasteiger partial charge < -0.3 is 10.4 Å². The minimum Gasteiger partial charge on any atom is -0.481 e. The molecular weight excluding hydrogens is 232 g/mol. The van der Waals surface area contributed by atoms with Crippen molar-refractivity contribution in [2.24, 2.45) is 11.8 Å². The van der Waals surface area contributed by atoms with Gasteiger partial charge in [-0.2, -0.15) is 0 Å². The molecule has 5 heteroatoms. The number of rotatable bonds is 4. The molecule has 3 unspecified atom stereocenters. The average Bonchev–Trinajstić information content (AvgIpc) is 2.27. The van der Waals surface area contributed by atoms with Crippen LogP contribution in [0.3, 0.4) is 0 Å². The van der Waals surface area contributed by atoms with Crippen LogP contribution in [-0.2, 0) is 9.59 Å². The molecule has 1 saturated carbocycles. The van der Waals surface area contributed by atoms with E-state index in [4.69, 9.17) is 5.11 Å². The molecule has 0 bridgehead atoms. The van der Waals surface area contributed by atoms with Crippen LogP contribution in [0.2, 0.25) is 0 Å². The Morgan fingerprint density at radius 1 is 1.44 bits per heavy atom. The fourth-order valence-corrected chi connectivity index (χ4v) is 2.15. The summed E-state index contributed by atoms with van der Waals surface area (Å²) in [7, 11) is 0. The van der Waals surface area contributed by atoms with Crippen molar-refractivity contribution in [1.82, 2.24) is 10.3 Å². The fraction of sp³-hybridized carbons (Fsp3) is 0.462. The summed E-state index contributed by atoms with van der Waals surface area (Å²) < 4.78 is 0. The first-order valence-corrected chi connectivity index (χ1v) is 6.02. The van der Waals surface area contributed by atoms with E-state index < -0.39 is 11.9 Å². The van der Waals surface area contributed by atoms with Crippen molar-refractivity contribution in [3.63, 3.8) is 0 Å². The third-order valence-electron chi connectivity index (χ3n) is 3.47. The lowest BCUT2D eigenvalue weighted by Crippen LogP contribution is -2.44. The van der Waals surface area contributed by atoms with E-state index in [-0.39, 0.29) is 17.9 Å². The Hall–Kier alpha value is -1.91. The Morgan fingerprint density at radius 3 is 2.67 bits per heavy atom. The van der Waals surface area contributed by atoms with E-state index in [1.807, 2.05) is 13.0 Å². The normalized spacial score (nSPS) is 23.8. The molecule has 0 aromatic carbocycles. The number of amides is 1. The van der Waals surface area contributed by atoms with Crippen molar-refractivity contribution in [3.05, 3.63) is 30.1 Å². The van der Waals surface area contributed by atoms with Crippen LogP contribution in [-0.4, -0.2) is 22.0 Å². The zero-order valence-corrected chi connectivity index (χ0v) is 10.2. The number of aliphatic carboxylic acids is 1. The van der Waals surface area contributed by atoms with E-state index >= 15 is 0 Å². The number of nitrogens with zero attached hydrogens (tertiary/aromatic N) is 1. The minimum absolute atomic E-state index is 0.152. The lowest BCUT2D eigenvalue weighted by atomic mass is 9.73. The van der Waals surface area contributed by atoms with Crippen molar-refractivity contribution in [3.8, 4) is 0 Å². The maximum Gasteiger partial charge on any atom is 0.307 e. The Bertz CT molecular complexity index is 447. The second kappa shape index (κ2) is 5.16. The number of carboxylic acid groups (broad SMARTS) is 1. The van der Waals surface area contributed by atoms with Gasteiger partial charge in [0.05, 0.1) is 17.9 Å². The number of carbonyl (C=O) groups is 2.